The van der Waals surface area contributed by atoms with E-state index in [2.05, 4.69) is 99.8 Å². The fourth-order valence-electron chi connectivity index (χ4n) is 5.17. The van der Waals surface area contributed by atoms with Crippen molar-refractivity contribution in [3.63, 3.8) is 0 Å². The first-order valence-electron chi connectivity index (χ1n) is 22.6. The molecule has 330 valence electrons. The number of esters is 3. The fourth-order valence-corrected chi connectivity index (χ4v) is 5.17. The molecule has 60 heavy (non-hydrogen) atoms. The minimum atomic E-state index is -0.860. The second-order valence-corrected chi connectivity index (χ2v) is 14.0. The summed E-state index contributed by atoms with van der Waals surface area (Å²) in [4.78, 5) is 37.7. The molecule has 0 radical (unpaired) electrons. The SMILES string of the molecule is CC/C=C/C=C/C=C/C=C/C=C/CCCC(=O)OC(COC(=O)CC/C=C/C/C=C/C/C=C/C/C=C/C/C=C/CC)COC(=O)CCCCCCC/C=C/C=C/C=C/CC. The van der Waals surface area contributed by atoms with Crippen molar-refractivity contribution in [1.82, 2.24) is 0 Å². The molecule has 0 aromatic rings. The van der Waals surface area contributed by atoms with Crippen molar-refractivity contribution >= 4 is 17.9 Å². The highest BCUT2D eigenvalue weighted by Gasteiger charge is 2.19. The molecule has 6 nitrogen and oxygen atoms in total. The van der Waals surface area contributed by atoms with Gasteiger partial charge in [-0.05, 0) is 83.5 Å². The maximum atomic E-state index is 12.7. The van der Waals surface area contributed by atoms with Gasteiger partial charge in [0.05, 0.1) is 0 Å². The molecule has 0 aromatic heterocycles. The Morgan fingerprint density at radius 1 is 0.350 bits per heavy atom. The van der Waals surface area contributed by atoms with E-state index in [0.717, 1.165) is 83.5 Å². The Kier molecular flexibility index (Phi) is 42.8. The van der Waals surface area contributed by atoms with Crippen LogP contribution in [0.1, 0.15) is 143 Å². The van der Waals surface area contributed by atoms with Gasteiger partial charge < -0.3 is 14.2 Å². The molecule has 0 bridgehead atoms. The lowest BCUT2D eigenvalue weighted by molar-refractivity contribution is -0.166. The molecule has 0 aliphatic heterocycles. The molecule has 0 aliphatic rings. The summed E-state index contributed by atoms with van der Waals surface area (Å²) in [5, 5.41) is 0. The zero-order valence-corrected chi connectivity index (χ0v) is 37.4. The quantitative estimate of drug-likeness (QED) is 0.0204. The molecule has 0 aliphatic carbocycles. The second kappa shape index (κ2) is 46.7. The summed E-state index contributed by atoms with van der Waals surface area (Å²) in [6.07, 6.45) is 68.2. The maximum Gasteiger partial charge on any atom is 0.306 e. The molecule has 0 rings (SSSR count). The van der Waals surface area contributed by atoms with E-state index in [1.165, 1.54) is 0 Å². The minimum Gasteiger partial charge on any atom is -0.462 e. The number of carbonyl (C=O) groups excluding carboxylic acids is 3. The predicted molar refractivity (Wildman–Crippen MR) is 255 cm³/mol. The van der Waals surface area contributed by atoms with E-state index < -0.39 is 18.0 Å². The van der Waals surface area contributed by atoms with Crippen molar-refractivity contribution in [3.05, 3.63) is 158 Å². The van der Waals surface area contributed by atoms with Gasteiger partial charge in [-0.2, -0.15) is 0 Å². The van der Waals surface area contributed by atoms with Crippen LogP contribution >= 0.6 is 0 Å². The number of ether oxygens (including phenoxy) is 3. The number of hydrogen-bond donors (Lipinski definition) is 0. The zero-order chi connectivity index (χ0) is 43.7. The van der Waals surface area contributed by atoms with Crippen molar-refractivity contribution in [1.29, 1.82) is 0 Å². The molecule has 0 heterocycles. The van der Waals surface area contributed by atoms with Gasteiger partial charge in [0.1, 0.15) is 13.2 Å². The number of rotatable bonds is 37. The van der Waals surface area contributed by atoms with Crippen molar-refractivity contribution < 1.29 is 28.6 Å². The zero-order valence-electron chi connectivity index (χ0n) is 37.4. The van der Waals surface area contributed by atoms with Crippen LogP contribution in [0.5, 0.6) is 0 Å². The van der Waals surface area contributed by atoms with E-state index in [4.69, 9.17) is 14.2 Å². The van der Waals surface area contributed by atoms with E-state index >= 15 is 0 Å². The van der Waals surface area contributed by atoms with Crippen molar-refractivity contribution in [3.8, 4) is 0 Å². The van der Waals surface area contributed by atoms with Gasteiger partial charge in [-0.3, -0.25) is 14.4 Å². The average molecular weight is 823 g/mol. The maximum absolute atomic E-state index is 12.7. The minimum absolute atomic E-state index is 0.149. The third kappa shape index (κ3) is 44.1. The lowest BCUT2D eigenvalue weighted by Crippen LogP contribution is -2.30. The topological polar surface area (TPSA) is 78.9 Å². The highest BCUT2D eigenvalue weighted by atomic mass is 16.6. The summed E-state index contributed by atoms with van der Waals surface area (Å²) in [7, 11) is 0. The van der Waals surface area contributed by atoms with Gasteiger partial charge in [0.2, 0.25) is 0 Å². The summed E-state index contributed by atoms with van der Waals surface area (Å²) < 4.78 is 16.5. The molecule has 0 aromatic carbocycles. The van der Waals surface area contributed by atoms with Crippen LogP contribution in [-0.2, 0) is 28.6 Å². The first kappa shape index (κ1) is 55.0. The highest BCUT2D eigenvalue weighted by Crippen LogP contribution is 2.10. The van der Waals surface area contributed by atoms with E-state index in [0.29, 0.717) is 25.7 Å². The fraction of sp³-hybridized carbons (Fsp3) is 0.463. The normalized spacial score (nSPS) is 13.6. The largest absolute Gasteiger partial charge is 0.462 e. The Balaban J connectivity index is 4.68. The Morgan fingerprint density at radius 2 is 0.733 bits per heavy atom. The highest BCUT2D eigenvalue weighted by molar-refractivity contribution is 5.71. The van der Waals surface area contributed by atoms with Gasteiger partial charge in [0.15, 0.2) is 6.10 Å². The van der Waals surface area contributed by atoms with Crippen molar-refractivity contribution in [2.75, 3.05) is 13.2 Å². The molecule has 6 heteroatoms. The van der Waals surface area contributed by atoms with Crippen LogP contribution in [0.3, 0.4) is 0 Å². The van der Waals surface area contributed by atoms with E-state index in [-0.39, 0.29) is 32.0 Å². The van der Waals surface area contributed by atoms with Crippen LogP contribution in [0.15, 0.2) is 158 Å². The molecular formula is C54H78O6. The predicted octanol–water partition coefficient (Wildman–Crippen LogP) is 14.7. The third-order valence-electron chi connectivity index (χ3n) is 8.46. The Hall–Kier alpha value is -4.97. The van der Waals surface area contributed by atoms with Crippen LogP contribution in [0.4, 0.5) is 0 Å². The smallest absolute Gasteiger partial charge is 0.306 e. The lowest BCUT2D eigenvalue weighted by atomic mass is 10.1. The molecule has 0 saturated carbocycles. The standard InChI is InChI=1S/C54H78O6/c1-4-7-10-13-16-19-22-25-26-27-30-32-35-38-41-44-47-53(56)59-50-51(60-54(57)48-45-42-39-36-33-29-24-21-18-15-12-9-6-3)49-58-52(55)46-43-40-37-34-31-28-23-20-17-14-11-8-5-2/h7-12,14-21,23-26,29-30,32-33,36,38-39,41,51H,4-6,13,22,27-28,31,34-35,37,40,42-50H2,1-3H3/b10-7+,11-8+,12-9+,17-14+,18-15+,19-16+,23-20+,24-21+,26-25+,32-30+,33-29+,39-36+,41-38+. The van der Waals surface area contributed by atoms with Crippen molar-refractivity contribution in [2.24, 2.45) is 0 Å². The summed E-state index contributed by atoms with van der Waals surface area (Å²) in [6.45, 7) is 6.05. The molecule has 0 amide bonds. The first-order valence-corrected chi connectivity index (χ1v) is 22.6. The van der Waals surface area contributed by atoms with Gasteiger partial charge in [-0.1, -0.05) is 198 Å². The van der Waals surface area contributed by atoms with Gasteiger partial charge >= 0.3 is 17.9 Å². The summed E-state index contributed by atoms with van der Waals surface area (Å²) in [5.74, 6) is -1.15. The van der Waals surface area contributed by atoms with Gasteiger partial charge in [-0.15, -0.1) is 0 Å². The Morgan fingerprint density at radius 3 is 1.25 bits per heavy atom. The average Bonchev–Trinajstić information content (AvgIpc) is 3.24. The van der Waals surface area contributed by atoms with Gasteiger partial charge in [0.25, 0.3) is 0 Å². The van der Waals surface area contributed by atoms with E-state index in [9.17, 15) is 14.4 Å². The van der Waals surface area contributed by atoms with Crippen LogP contribution in [0, 0.1) is 0 Å². The lowest BCUT2D eigenvalue weighted by Gasteiger charge is -2.18. The Bertz CT molecular complexity index is 1460. The third-order valence-corrected chi connectivity index (χ3v) is 8.46. The number of carbonyl (C=O) groups is 3. The summed E-state index contributed by atoms with van der Waals surface area (Å²) in [6, 6.07) is 0. The molecular weight excluding hydrogens is 745 g/mol. The number of unbranched alkanes of at least 4 members (excludes halogenated alkanes) is 6. The van der Waals surface area contributed by atoms with Crippen molar-refractivity contribution in [2.45, 2.75) is 149 Å². The number of allylic oxidation sites excluding steroid dienone is 26. The Labute approximate surface area is 365 Å². The monoisotopic (exact) mass is 823 g/mol. The van der Waals surface area contributed by atoms with Gasteiger partial charge in [0, 0.05) is 19.3 Å². The second-order valence-electron chi connectivity index (χ2n) is 14.0. The van der Waals surface area contributed by atoms with E-state index in [1.54, 1.807) is 0 Å². The molecule has 0 saturated heterocycles. The molecule has 0 fully saturated rings. The van der Waals surface area contributed by atoms with E-state index in [1.807, 2.05) is 79.0 Å². The molecule has 0 spiro atoms. The summed E-state index contributed by atoms with van der Waals surface area (Å²) in [5.41, 5.74) is 0. The van der Waals surface area contributed by atoms with Crippen LogP contribution in [0.2, 0.25) is 0 Å². The molecule has 1 unspecified atom stereocenters. The van der Waals surface area contributed by atoms with Crippen LogP contribution in [0.25, 0.3) is 0 Å². The van der Waals surface area contributed by atoms with Crippen LogP contribution < -0.4 is 0 Å². The summed E-state index contributed by atoms with van der Waals surface area (Å²) >= 11 is 0. The molecule has 1 atom stereocenters. The van der Waals surface area contributed by atoms with Crippen LogP contribution in [-0.4, -0.2) is 37.2 Å². The molecule has 0 N–H and O–H groups in total. The first-order chi connectivity index (χ1) is 29.5. The van der Waals surface area contributed by atoms with Gasteiger partial charge in [-0.25, -0.2) is 0 Å². The number of hydrogen-bond acceptors (Lipinski definition) is 6.